The van der Waals surface area contributed by atoms with E-state index in [4.69, 9.17) is 0 Å². The van der Waals surface area contributed by atoms with Crippen LogP contribution in [0.1, 0.15) is 47.2 Å². The zero-order chi connectivity index (χ0) is 22.8. The number of carbonyl (C=O) groups excluding carboxylic acids is 2. The molecular formula is C25H27F3N2O2. The number of likely N-dealkylation sites (tertiary alicyclic amines) is 1. The van der Waals surface area contributed by atoms with Gasteiger partial charge < -0.3 is 10.2 Å². The first-order valence-electron chi connectivity index (χ1n) is 11.1. The van der Waals surface area contributed by atoms with Gasteiger partial charge in [0.25, 0.3) is 5.91 Å². The van der Waals surface area contributed by atoms with Crippen molar-refractivity contribution in [2.24, 2.45) is 11.3 Å². The van der Waals surface area contributed by atoms with Crippen LogP contribution in [0.2, 0.25) is 0 Å². The molecule has 1 saturated heterocycles. The average Bonchev–Trinajstić information content (AvgIpc) is 3.50. The smallest absolute Gasteiger partial charge is 0.356 e. The number of rotatable bonds is 6. The van der Waals surface area contributed by atoms with Crippen LogP contribution in [0, 0.1) is 11.3 Å². The van der Waals surface area contributed by atoms with Gasteiger partial charge in [-0.25, -0.2) is 0 Å². The third-order valence-corrected chi connectivity index (χ3v) is 6.80. The Labute approximate surface area is 185 Å². The number of halogens is 3. The molecule has 32 heavy (non-hydrogen) atoms. The second-order valence-corrected chi connectivity index (χ2v) is 8.87. The molecule has 170 valence electrons. The Morgan fingerprint density at radius 3 is 2.28 bits per heavy atom. The summed E-state index contributed by atoms with van der Waals surface area (Å²) in [7, 11) is 0. The Bertz CT molecular complexity index is 949. The minimum absolute atomic E-state index is 0.00236. The number of aryl methyl sites for hydroxylation is 1. The monoisotopic (exact) mass is 444 g/mol. The quantitative estimate of drug-likeness (QED) is 0.657. The minimum Gasteiger partial charge on any atom is -0.356 e. The lowest BCUT2D eigenvalue weighted by Gasteiger charge is -2.33. The zero-order valence-electron chi connectivity index (χ0n) is 17.8. The third kappa shape index (κ3) is 4.97. The fraction of sp³-hybridized carbons (Fsp3) is 0.440. The van der Waals surface area contributed by atoms with E-state index < -0.39 is 11.7 Å². The summed E-state index contributed by atoms with van der Waals surface area (Å²) in [4.78, 5) is 26.9. The first-order chi connectivity index (χ1) is 15.3. The van der Waals surface area contributed by atoms with Crippen LogP contribution in [-0.4, -0.2) is 36.3 Å². The van der Waals surface area contributed by atoms with Crippen molar-refractivity contribution in [3.8, 4) is 0 Å². The average molecular weight is 444 g/mol. The molecule has 1 spiro atoms. The summed E-state index contributed by atoms with van der Waals surface area (Å²) in [6, 6.07) is 14.5. The highest BCUT2D eigenvalue weighted by Gasteiger charge is 2.58. The summed E-state index contributed by atoms with van der Waals surface area (Å²) >= 11 is 0. The van der Waals surface area contributed by atoms with E-state index in [1.165, 1.54) is 17.7 Å². The standard InChI is InChI=1S/C25H27F3N2O2/c26-25(27,28)20-10-8-19(9-11-20)23(32)30-15-12-24(13-16-30)17-21(24)22(31)29-14-4-7-18-5-2-1-3-6-18/h1-3,5-6,8-11,21H,4,7,12-17H2,(H,29,31)/t21-/m0/s1. The van der Waals surface area contributed by atoms with Gasteiger partial charge >= 0.3 is 6.18 Å². The molecule has 1 atom stereocenters. The normalized spacial score (nSPS) is 19.6. The van der Waals surface area contributed by atoms with Crippen LogP contribution >= 0.6 is 0 Å². The molecular weight excluding hydrogens is 417 g/mol. The first-order valence-corrected chi connectivity index (χ1v) is 11.1. The Balaban J connectivity index is 1.21. The molecule has 2 amide bonds. The van der Waals surface area contributed by atoms with E-state index >= 15 is 0 Å². The highest BCUT2D eigenvalue weighted by atomic mass is 19.4. The van der Waals surface area contributed by atoms with E-state index in [0.29, 0.717) is 19.6 Å². The van der Waals surface area contributed by atoms with Crippen LogP contribution in [0.5, 0.6) is 0 Å². The molecule has 1 aliphatic carbocycles. The molecule has 7 heteroatoms. The maximum Gasteiger partial charge on any atom is 0.416 e. The van der Waals surface area contributed by atoms with Crippen molar-refractivity contribution in [1.29, 1.82) is 0 Å². The zero-order valence-corrected chi connectivity index (χ0v) is 17.8. The van der Waals surface area contributed by atoms with Crippen molar-refractivity contribution in [3.05, 3.63) is 71.3 Å². The summed E-state index contributed by atoms with van der Waals surface area (Å²) in [5.41, 5.74) is 0.731. The number of hydrogen-bond acceptors (Lipinski definition) is 2. The van der Waals surface area contributed by atoms with Crippen molar-refractivity contribution in [2.45, 2.75) is 38.3 Å². The molecule has 0 aromatic heterocycles. The Kier molecular flexibility index (Phi) is 6.26. The predicted molar refractivity (Wildman–Crippen MR) is 115 cm³/mol. The van der Waals surface area contributed by atoms with E-state index in [1.807, 2.05) is 18.2 Å². The van der Waals surface area contributed by atoms with E-state index in [9.17, 15) is 22.8 Å². The van der Waals surface area contributed by atoms with Gasteiger partial charge in [-0.1, -0.05) is 30.3 Å². The van der Waals surface area contributed by atoms with Gasteiger partial charge in [-0.2, -0.15) is 13.2 Å². The number of nitrogens with zero attached hydrogens (tertiary/aromatic N) is 1. The first kappa shape index (κ1) is 22.4. The van der Waals surface area contributed by atoms with Gasteiger partial charge in [-0.15, -0.1) is 0 Å². The molecule has 4 nitrogen and oxygen atoms in total. The van der Waals surface area contributed by atoms with Crippen molar-refractivity contribution in [3.63, 3.8) is 0 Å². The maximum absolute atomic E-state index is 12.7. The Morgan fingerprint density at radius 2 is 1.66 bits per heavy atom. The Hall–Kier alpha value is -2.83. The number of carbonyl (C=O) groups is 2. The van der Waals surface area contributed by atoms with Gasteiger partial charge in [-0.05, 0) is 67.3 Å². The lowest BCUT2D eigenvalue weighted by atomic mass is 9.90. The predicted octanol–water partition coefficient (Wildman–Crippen LogP) is 4.70. The summed E-state index contributed by atoms with van der Waals surface area (Å²) in [5.74, 6) is -0.153. The van der Waals surface area contributed by atoms with Crippen LogP contribution < -0.4 is 5.32 Å². The SMILES string of the molecule is O=C(NCCCc1ccccc1)[C@@H]1CC12CCN(C(=O)c1ccc(C(F)(F)F)cc1)CC2. The van der Waals surface area contributed by atoms with Gasteiger partial charge in [0.05, 0.1) is 5.56 Å². The Morgan fingerprint density at radius 1 is 1.00 bits per heavy atom. The summed E-state index contributed by atoms with van der Waals surface area (Å²) in [6.45, 7) is 1.70. The molecule has 2 fully saturated rings. The fourth-order valence-corrected chi connectivity index (χ4v) is 4.68. The lowest BCUT2D eigenvalue weighted by molar-refractivity contribution is -0.137. The van der Waals surface area contributed by atoms with Gasteiger partial charge in [0.15, 0.2) is 0 Å². The van der Waals surface area contributed by atoms with Crippen LogP contribution in [0.25, 0.3) is 0 Å². The van der Waals surface area contributed by atoms with Gasteiger partial charge in [0.2, 0.25) is 5.91 Å². The molecule has 2 aromatic carbocycles. The van der Waals surface area contributed by atoms with E-state index in [0.717, 1.165) is 44.2 Å². The van der Waals surface area contributed by atoms with Crippen LogP contribution in [0.3, 0.4) is 0 Å². The molecule has 1 N–H and O–H groups in total. The number of hydrogen-bond donors (Lipinski definition) is 1. The van der Waals surface area contributed by atoms with Crippen LogP contribution in [-0.2, 0) is 17.4 Å². The van der Waals surface area contributed by atoms with Crippen molar-refractivity contribution >= 4 is 11.8 Å². The van der Waals surface area contributed by atoms with Gasteiger partial charge in [0.1, 0.15) is 0 Å². The topological polar surface area (TPSA) is 49.4 Å². The third-order valence-electron chi connectivity index (χ3n) is 6.80. The van der Waals surface area contributed by atoms with Crippen molar-refractivity contribution in [1.82, 2.24) is 10.2 Å². The van der Waals surface area contributed by atoms with E-state index in [2.05, 4.69) is 17.4 Å². The maximum atomic E-state index is 12.7. The number of nitrogens with one attached hydrogen (secondary N) is 1. The molecule has 2 aliphatic rings. The number of amides is 2. The highest BCUT2D eigenvalue weighted by molar-refractivity contribution is 5.94. The molecule has 0 radical (unpaired) electrons. The highest BCUT2D eigenvalue weighted by Crippen LogP contribution is 2.59. The van der Waals surface area contributed by atoms with Gasteiger partial charge in [-0.3, -0.25) is 9.59 Å². The van der Waals surface area contributed by atoms with Crippen LogP contribution in [0.15, 0.2) is 54.6 Å². The van der Waals surface area contributed by atoms with Crippen molar-refractivity contribution < 1.29 is 22.8 Å². The largest absolute Gasteiger partial charge is 0.416 e. The molecule has 0 unspecified atom stereocenters. The summed E-state index contributed by atoms with van der Waals surface area (Å²) in [5, 5.41) is 3.05. The number of benzene rings is 2. The number of piperidine rings is 1. The van der Waals surface area contributed by atoms with Crippen molar-refractivity contribution in [2.75, 3.05) is 19.6 Å². The van der Waals surface area contributed by atoms with Gasteiger partial charge in [0, 0.05) is 31.1 Å². The summed E-state index contributed by atoms with van der Waals surface area (Å²) < 4.78 is 38.2. The van der Waals surface area contributed by atoms with E-state index in [1.54, 1.807) is 4.90 Å². The number of alkyl halides is 3. The fourth-order valence-electron chi connectivity index (χ4n) is 4.68. The van der Waals surface area contributed by atoms with Crippen LogP contribution in [0.4, 0.5) is 13.2 Å². The lowest BCUT2D eigenvalue weighted by Crippen LogP contribution is -2.40. The second-order valence-electron chi connectivity index (χ2n) is 8.87. The minimum atomic E-state index is -4.41. The molecule has 2 aromatic rings. The molecule has 1 aliphatic heterocycles. The second kappa shape index (κ2) is 8.96. The molecule has 1 saturated carbocycles. The summed E-state index contributed by atoms with van der Waals surface area (Å²) in [6.07, 6.45) is -0.242. The molecule has 0 bridgehead atoms. The molecule has 1 heterocycles. The van der Waals surface area contributed by atoms with E-state index in [-0.39, 0.29) is 28.7 Å². The molecule has 4 rings (SSSR count).